The number of carbonyl (C=O) groups excluding carboxylic acids is 3. The average Bonchev–Trinajstić information content (AvgIpc) is 2.99. The second kappa shape index (κ2) is 9.03. The van der Waals surface area contributed by atoms with Crippen LogP contribution >= 0.6 is 0 Å². The highest BCUT2D eigenvalue weighted by Gasteiger charge is 2.36. The summed E-state index contributed by atoms with van der Waals surface area (Å²) in [5.41, 5.74) is 0.725. The third kappa shape index (κ3) is 4.83. The molecule has 1 heterocycles. The average molecular weight is 426 g/mol. The highest BCUT2D eigenvalue weighted by Crippen LogP contribution is 2.26. The maximum Gasteiger partial charge on any atom is 0.335 e. The molecule has 3 rings (SSSR count). The first-order valence-corrected chi connectivity index (χ1v) is 9.26. The standard InChI is InChI=1S/C20H18N4O7/c25-17-15-7-6-14(24(30)31)10-16(15)18(26)23(17)9-1-8-21-20(29)22-11-12-2-4-13(5-3-12)19(27)28/h2-7,10H,1,8-9,11H2,(H,27,28)(H2,21,22,29). The van der Waals surface area contributed by atoms with Crippen molar-refractivity contribution in [2.75, 3.05) is 13.1 Å². The topological polar surface area (TPSA) is 159 Å². The first-order valence-electron chi connectivity index (χ1n) is 9.26. The number of carboxylic acid groups (broad SMARTS) is 1. The Labute approximate surface area is 175 Å². The molecule has 0 spiro atoms. The highest BCUT2D eigenvalue weighted by molar-refractivity contribution is 6.21. The zero-order valence-electron chi connectivity index (χ0n) is 16.2. The van der Waals surface area contributed by atoms with Crippen LogP contribution in [-0.4, -0.2) is 51.8 Å². The number of urea groups is 1. The molecule has 160 valence electrons. The largest absolute Gasteiger partial charge is 0.478 e. The van der Waals surface area contributed by atoms with Gasteiger partial charge in [-0.05, 0) is 30.2 Å². The van der Waals surface area contributed by atoms with Crippen molar-refractivity contribution in [3.05, 3.63) is 74.8 Å². The Bertz CT molecular complexity index is 1070. The Morgan fingerprint density at radius 2 is 1.68 bits per heavy atom. The first kappa shape index (κ1) is 21.4. The van der Waals surface area contributed by atoms with Gasteiger partial charge in [-0.3, -0.25) is 24.6 Å². The molecule has 1 aliphatic heterocycles. The van der Waals surface area contributed by atoms with Crippen LogP contribution in [0.15, 0.2) is 42.5 Å². The molecule has 0 atom stereocenters. The summed E-state index contributed by atoms with van der Waals surface area (Å²) in [6.45, 7) is 0.442. The molecule has 0 aromatic heterocycles. The number of nitrogens with one attached hydrogen (secondary N) is 2. The van der Waals surface area contributed by atoms with Gasteiger partial charge in [-0.1, -0.05) is 12.1 Å². The molecule has 0 fully saturated rings. The lowest BCUT2D eigenvalue weighted by Crippen LogP contribution is -2.37. The van der Waals surface area contributed by atoms with Crippen LogP contribution in [0.1, 0.15) is 43.1 Å². The van der Waals surface area contributed by atoms with Gasteiger partial charge < -0.3 is 15.7 Å². The van der Waals surface area contributed by atoms with Gasteiger partial charge in [0.1, 0.15) is 0 Å². The summed E-state index contributed by atoms with van der Waals surface area (Å²) < 4.78 is 0. The zero-order valence-corrected chi connectivity index (χ0v) is 16.2. The number of non-ortho nitro benzene ring substituents is 1. The number of nitro groups is 1. The molecule has 0 unspecified atom stereocenters. The second-order valence-corrected chi connectivity index (χ2v) is 6.71. The van der Waals surface area contributed by atoms with Gasteiger partial charge >= 0.3 is 12.0 Å². The summed E-state index contributed by atoms with van der Waals surface area (Å²) in [7, 11) is 0. The molecule has 2 aromatic rings. The van der Waals surface area contributed by atoms with E-state index in [4.69, 9.17) is 5.11 Å². The number of fused-ring (bicyclic) bond motifs is 1. The van der Waals surface area contributed by atoms with E-state index in [0.717, 1.165) is 16.5 Å². The fraction of sp³-hybridized carbons (Fsp3) is 0.200. The van der Waals surface area contributed by atoms with Gasteiger partial charge in [0.05, 0.1) is 21.6 Å². The van der Waals surface area contributed by atoms with Crippen LogP contribution in [0, 0.1) is 10.1 Å². The van der Waals surface area contributed by atoms with E-state index in [1.807, 2.05) is 0 Å². The molecule has 4 amide bonds. The van der Waals surface area contributed by atoms with Crippen molar-refractivity contribution in [1.82, 2.24) is 15.5 Å². The quantitative estimate of drug-likeness (QED) is 0.251. The molecule has 0 saturated carbocycles. The monoisotopic (exact) mass is 426 g/mol. The van der Waals surface area contributed by atoms with Gasteiger partial charge in [-0.2, -0.15) is 0 Å². The number of benzene rings is 2. The number of nitro benzene ring substituents is 1. The van der Waals surface area contributed by atoms with Crippen molar-refractivity contribution in [1.29, 1.82) is 0 Å². The third-order valence-electron chi connectivity index (χ3n) is 4.66. The maximum absolute atomic E-state index is 12.4. The molecule has 11 nitrogen and oxygen atoms in total. The van der Waals surface area contributed by atoms with Gasteiger partial charge in [0.2, 0.25) is 0 Å². The van der Waals surface area contributed by atoms with E-state index in [1.165, 1.54) is 24.3 Å². The lowest BCUT2D eigenvalue weighted by molar-refractivity contribution is -0.384. The Morgan fingerprint density at radius 3 is 2.32 bits per heavy atom. The van der Waals surface area contributed by atoms with Crippen LogP contribution in [-0.2, 0) is 6.54 Å². The van der Waals surface area contributed by atoms with Crippen molar-refractivity contribution in [2.45, 2.75) is 13.0 Å². The zero-order chi connectivity index (χ0) is 22.5. The number of nitrogens with zero attached hydrogens (tertiary/aromatic N) is 2. The lowest BCUT2D eigenvalue weighted by atomic mass is 10.1. The molecule has 31 heavy (non-hydrogen) atoms. The second-order valence-electron chi connectivity index (χ2n) is 6.71. The predicted molar refractivity (Wildman–Crippen MR) is 107 cm³/mol. The number of aromatic carboxylic acids is 1. The summed E-state index contributed by atoms with van der Waals surface area (Å²) in [6, 6.07) is 9.14. The van der Waals surface area contributed by atoms with Crippen molar-refractivity contribution in [3.8, 4) is 0 Å². The molecule has 1 aliphatic rings. The number of imide groups is 1. The maximum atomic E-state index is 12.4. The smallest absolute Gasteiger partial charge is 0.335 e. The van der Waals surface area contributed by atoms with E-state index in [1.54, 1.807) is 12.1 Å². The van der Waals surface area contributed by atoms with Crippen LogP contribution in [0.5, 0.6) is 0 Å². The summed E-state index contributed by atoms with van der Waals surface area (Å²) >= 11 is 0. The van der Waals surface area contributed by atoms with E-state index in [2.05, 4.69) is 10.6 Å². The van der Waals surface area contributed by atoms with Crippen molar-refractivity contribution in [2.24, 2.45) is 0 Å². The van der Waals surface area contributed by atoms with Crippen molar-refractivity contribution < 1.29 is 29.2 Å². The molecule has 2 aromatic carbocycles. The van der Waals surface area contributed by atoms with E-state index in [0.29, 0.717) is 6.42 Å². The molecular weight excluding hydrogens is 408 g/mol. The minimum Gasteiger partial charge on any atom is -0.478 e. The lowest BCUT2D eigenvalue weighted by Gasteiger charge is -2.14. The number of rotatable bonds is 8. The predicted octanol–water partition coefficient (Wildman–Crippen LogP) is 1.78. The minimum absolute atomic E-state index is 0.00109. The molecule has 0 aliphatic carbocycles. The number of hydrogen-bond acceptors (Lipinski definition) is 6. The van der Waals surface area contributed by atoms with E-state index < -0.39 is 28.7 Å². The minimum atomic E-state index is -1.03. The summed E-state index contributed by atoms with van der Waals surface area (Å²) in [5, 5.41) is 24.9. The number of carboxylic acids is 1. The number of amides is 4. The van der Waals surface area contributed by atoms with Gasteiger partial charge in [0.15, 0.2) is 0 Å². The Balaban J connectivity index is 1.43. The van der Waals surface area contributed by atoms with Gasteiger partial charge in [-0.25, -0.2) is 9.59 Å². The SMILES string of the molecule is O=C(NCCCN1C(=O)c2ccc([N+](=O)[O-])cc2C1=O)NCc1ccc(C(=O)O)cc1. The van der Waals surface area contributed by atoms with Crippen LogP contribution in [0.2, 0.25) is 0 Å². The van der Waals surface area contributed by atoms with Crippen LogP contribution in [0.25, 0.3) is 0 Å². The fourth-order valence-corrected chi connectivity index (χ4v) is 3.04. The normalized spacial score (nSPS) is 12.5. The molecular formula is C20H18N4O7. The Hall–Kier alpha value is -4.28. The summed E-state index contributed by atoms with van der Waals surface area (Å²) in [6.07, 6.45) is 0.300. The fourth-order valence-electron chi connectivity index (χ4n) is 3.04. The van der Waals surface area contributed by atoms with Gasteiger partial charge in [-0.15, -0.1) is 0 Å². The van der Waals surface area contributed by atoms with Gasteiger partial charge in [0, 0.05) is 31.8 Å². The molecule has 0 saturated heterocycles. The summed E-state index contributed by atoms with van der Waals surface area (Å²) in [4.78, 5) is 58.6. The van der Waals surface area contributed by atoms with E-state index >= 15 is 0 Å². The summed E-state index contributed by atoms with van der Waals surface area (Å²) in [5.74, 6) is -2.16. The van der Waals surface area contributed by atoms with E-state index in [-0.39, 0.29) is 42.0 Å². The van der Waals surface area contributed by atoms with E-state index in [9.17, 15) is 29.3 Å². The highest BCUT2D eigenvalue weighted by atomic mass is 16.6. The van der Waals surface area contributed by atoms with Crippen LogP contribution in [0.4, 0.5) is 10.5 Å². The third-order valence-corrected chi connectivity index (χ3v) is 4.66. The molecule has 3 N–H and O–H groups in total. The van der Waals surface area contributed by atoms with Crippen molar-refractivity contribution >= 4 is 29.5 Å². The number of hydrogen-bond donors (Lipinski definition) is 3. The number of carbonyl (C=O) groups is 4. The molecule has 0 radical (unpaired) electrons. The first-order chi connectivity index (χ1) is 14.8. The Kier molecular flexibility index (Phi) is 6.24. The van der Waals surface area contributed by atoms with Crippen LogP contribution < -0.4 is 10.6 Å². The molecule has 0 bridgehead atoms. The van der Waals surface area contributed by atoms with Crippen LogP contribution in [0.3, 0.4) is 0 Å². The van der Waals surface area contributed by atoms with Gasteiger partial charge in [0.25, 0.3) is 17.5 Å². The Morgan fingerprint density at radius 1 is 1.00 bits per heavy atom. The molecule has 11 heteroatoms. The van der Waals surface area contributed by atoms with Crippen molar-refractivity contribution in [3.63, 3.8) is 0 Å².